The molecule has 0 bridgehead atoms. The highest BCUT2D eigenvalue weighted by atomic mass is 19.2. The van der Waals surface area contributed by atoms with Crippen LogP contribution >= 0.6 is 0 Å². The van der Waals surface area contributed by atoms with Gasteiger partial charge in [-0.05, 0) is 37.5 Å². The molecule has 1 aliphatic rings. The SMILES string of the molecule is O=C(Nc1ccn2cc(-c3cccc(F)c3F)nc2c1)N1CCCCC1. The first-order valence-electron chi connectivity index (χ1n) is 8.61. The summed E-state index contributed by atoms with van der Waals surface area (Å²) in [6.45, 7) is 1.53. The van der Waals surface area contributed by atoms with Crippen molar-refractivity contribution in [3.05, 3.63) is 54.4 Å². The van der Waals surface area contributed by atoms with Crippen molar-refractivity contribution >= 4 is 17.4 Å². The lowest BCUT2D eigenvalue weighted by Gasteiger charge is -2.26. The van der Waals surface area contributed by atoms with E-state index in [9.17, 15) is 13.6 Å². The van der Waals surface area contributed by atoms with Crippen LogP contribution in [-0.2, 0) is 0 Å². The highest BCUT2D eigenvalue weighted by Gasteiger charge is 2.17. The Morgan fingerprint density at radius 3 is 2.73 bits per heavy atom. The van der Waals surface area contributed by atoms with Crippen LogP contribution < -0.4 is 5.32 Å². The summed E-state index contributed by atoms with van der Waals surface area (Å²) in [6.07, 6.45) is 6.56. The average molecular weight is 356 g/mol. The second kappa shape index (κ2) is 6.74. The maximum Gasteiger partial charge on any atom is 0.321 e. The van der Waals surface area contributed by atoms with E-state index in [4.69, 9.17) is 0 Å². The summed E-state index contributed by atoms with van der Waals surface area (Å²) >= 11 is 0. The molecule has 0 unspecified atom stereocenters. The molecule has 3 heterocycles. The molecule has 0 saturated carbocycles. The number of hydrogen-bond donors (Lipinski definition) is 1. The number of carbonyl (C=O) groups is 1. The van der Waals surface area contributed by atoms with Crippen LogP contribution in [0.4, 0.5) is 19.3 Å². The van der Waals surface area contributed by atoms with Crippen LogP contribution in [0.1, 0.15) is 19.3 Å². The molecule has 1 aliphatic heterocycles. The Balaban J connectivity index is 1.59. The average Bonchev–Trinajstić information content (AvgIpc) is 3.07. The van der Waals surface area contributed by atoms with Gasteiger partial charge in [-0.1, -0.05) is 6.07 Å². The van der Waals surface area contributed by atoms with E-state index < -0.39 is 11.6 Å². The number of fused-ring (bicyclic) bond motifs is 1. The van der Waals surface area contributed by atoms with E-state index in [1.807, 2.05) is 0 Å². The first kappa shape index (κ1) is 16.5. The molecule has 7 heteroatoms. The minimum Gasteiger partial charge on any atom is -0.325 e. The zero-order valence-electron chi connectivity index (χ0n) is 14.1. The van der Waals surface area contributed by atoms with Gasteiger partial charge < -0.3 is 14.6 Å². The third-order valence-corrected chi connectivity index (χ3v) is 4.58. The topological polar surface area (TPSA) is 49.6 Å². The fourth-order valence-corrected chi connectivity index (χ4v) is 3.19. The predicted octanol–water partition coefficient (Wildman–Crippen LogP) is 4.30. The van der Waals surface area contributed by atoms with Crippen LogP contribution in [-0.4, -0.2) is 33.4 Å². The summed E-state index contributed by atoms with van der Waals surface area (Å²) in [5.74, 6) is -1.83. The Kier molecular flexibility index (Phi) is 4.28. The predicted molar refractivity (Wildman–Crippen MR) is 95.0 cm³/mol. The zero-order valence-corrected chi connectivity index (χ0v) is 14.1. The Labute approximate surface area is 149 Å². The first-order valence-corrected chi connectivity index (χ1v) is 8.61. The number of imidazole rings is 1. The summed E-state index contributed by atoms with van der Waals surface area (Å²) in [6, 6.07) is 7.34. The second-order valence-electron chi connectivity index (χ2n) is 6.39. The van der Waals surface area contributed by atoms with Gasteiger partial charge >= 0.3 is 6.03 Å². The molecule has 0 aliphatic carbocycles. The number of halogens is 2. The van der Waals surface area contributed by atoms with E-state index in [-0.39, 0.29) is 11.6 Å². The highest BCUT2D eigenvalue weighted by Crippen LogP contribution is 2.25. The number of pyridine rings is 1. The molecule has 1 aromatic carbocycles. The van der Waals surface area contributed by atoms with Gasteiger partial charge in [-0.3, -0.25) is 0 Å². The van der Waals surface area contributed by atoms with Gasteiger partial charge in [-0.15, -0.1) is 0 Å². The molecular weight excluding hydrogens is 338 g/mol. The van der Waals surface area contributed by atoms with Gasteiger partial charge in [0.2, 0.25) is 0 Å². The number of hydrogen-bond acceptors (Lipinski definition) is 2. The van der Waals surface area contributed by atoms with Crippen LogP contribution in [0.25, 0.3) is 16.9 Å². The molecule has 1 fully saturated rings. The van der Waals surface area contributed by atoms with E-state index in [2.05, 4.69) is 10.3 Å². The second-order valence-corrected chi connectivity index (χ2v) is 6.39. The number of carbonyl (C=O) groups excluding carboxylic acids is 1. The number of anilines is 1. The van der Waals surface area contributed by atoms with Crippen molar-refractivity contribution in [1.29, 1.82) is 0 Å². The minimum absolute atomic E-state index is 0.104. The molecule has 5 nitrogen and oxygen atoms in total. The van der Waals surface area contributed by atoms with Crippen molar-refractivity contribution < 1.29 is 13.6 Å². The zero-order chi connectivity index (χ0) is 18.1. The smallest absolute Gasteiger partial charge is 0.321 e. The lowest BCUT2D eigenvalue weighted by molar-refractivity contribution is 0.200. The number of nitrogens with one attached hydrogen (secondary N) is 1. The van der Waals surface area contributed by atoms with Crippen LogP contribution in [0.5, 0.6) is 0 Å². The molecule has 0 atom stereocenters. The Morgan fingerprint density at radius 1 is 1.12 bits per heavy atom. The maximum absolute atomic E-state index is 14.0. The fraction of sp³-hybridized carbons (Fsp3) is 0.263. The van der Waals surface area contributed by atoms with Crippen molar-refractivity contribution in [1.82, 2.24) is 14.3 Å². The van der Waals surface area contributed by atoms with Gasteiger partial charge in [0, 0.05) is 42.8 Å². The molecule has 1 N–H and O–H groups in total. The van der Waals surface area contributed by atoms with Gasteiger partial charge in [0.05, 0.1) is 5.69 Å². The number of benzene rings is 1. The largest absolute Gasteiger partial charge is 0.325 e. The Hall–Kier alpha value is -2.96. The lowest BCUT2D eigenvalue weighted by atomic mass is 10.1. The molecule has 26 heavy (non-hydrogen) atoms. The summed E-state index contributed by atoms with van der Waals surface area (Å²) in [7, 11) is 0. The van der Waals surface area contributed by atoms with Crippen molar-refractivity contribution in [2.75, 3.05) is 18.4 Å². The quantitative estimate of drug-likeness (QED) is 0.744. The van der Waals surface area contributed by atoms with Crippen LogP contribution in [0.3, 0.4) is 0 Å². The van der Waals surface area contributed by atoms with Crippen molar-refractivity contribution in [3.63, 3.8) is 0 Å². The normalized spacial score (nSPS) is 14.6. The molecule has 3 aromatic rings. The summed E-state index contributed by atoms with van der Waals surface area (Å²) in [5.41, 5.74) is 1.60. The molecule has 0 radical (unpaired) electrons. The summed E-state index contributed by atoms with van der Waals surface area (Å²) in [5, 5.41) is 2.87. The molecule has 4 rings (SSSR count). The summed E-state index contributed by atoms with van der Waals surface area (Å²) < 4.78 is 29.1. The van der Waals surface area contributed by atoms with Crippen molar-refractivity contribution in [2.45, 2.75) is 19.3 Å². The Bertz CT molecular complexity index is 963. The molecular formula is C19H18F2N4O. The monoisotopic (exact) mass is 356 g/mol. The highest BCUT2D eigenvalue weighted by molar-refractivity contribution is 5.90. The summed E-state index contributed by atoms with van der Waals surface area (Å²) in [4.78, 5) is 18.5. The van der Waals surface area contributed by atoms with Gasteiger partial charge in [0.25, 0.3) is 0 Å². The van der Waals surface area contributed by atoms with Gasteiger partial charge in [0.1, 0.15) is 5.65 Å². The maximum atomic E-state index is 14.0. The van der Waals surface area contributed by atoms with E-state index in [1.54, 1.807) is 33.8 Å². The number of nitrogens with zero attached hydrogens (tertiary/aromatic N) is 3. The Morgan fingerprint density at radius 2 is 1.92 bits per heavy atom. The molecule has 2 aromatic heterocycles. The number of aromatic nitrogens is 2. The van der Waals surface area contributed by atoms with E-state index in [0.717, 1.165) is 38.4 Å². The van der Waals surface area contributed by atoms with Gasteiger partial charge in [-0.2, -0.15) is 0 Å². The number of amides is 2. The van der Waals surface area contributed by atoms with Crippen LogP contribution in [0.2, 0.25) is 0 Å². The molecule has 0 spiro atoms. The molecule has 1 saturated heterocycles. The standard InChI is InChI=1S/C19H18F2N4O/c20-15-6-4-5-14(18(15)21)16-12-25-10-7-13(11-17(25)23-16)22-19(26)24-8-2-1-3-9-24/h4-7,10-12H,1-3,8-9H2,(H,22,26). The number of rotatable bonds is 2. The number of urea groups is 1. The number of likely N-dealkylation sites (tertiary alicyclic amines) is 1. The van der Waals surface area contributed by atoms with Gasteiger partial charge in [-0.25, -0.2) is 18.6 Å². The van der Waals surface area contributed by atoms with Crippen LogP contribution in [0, 0.1) is 11.6 Å². The van der Waals surface area contributed by atoms with Crippen molar-refractivity contribution in [3.8, 4) is 11.3 Å². The number of piperidine rings is 1. The third-order valence-electron chi connectivity index (χ3n) is 4.58. The van der Waals surface area contributed by atoms with E-state index in [1.165, 1.54) is 12.1 Å². The third kappa shape index (κ3) is 3.12. The first-order chi connectivity index (χ1) is 12.6. The van der Waals surface area contributed by atoms with E-state index in [0.29, 0.717) is 17.0 Å². The lowest BCUT2D eigenvalue weighted by Crippen LogP contribution is -2.38. The molecule has 2 amide bonds. The van der Waals surface area contributed by atoms with Gasteiger partial charge in [0.15, 0.2) is 11.6 Å². The van der Waals surface area contributed by atoms with Crippen LogP contribution in [0.15, 0.2) is 42.7 Å². The minimum atomic E-state index is -0.922. The fourth-order valence-electron chi connectivity index (χ4n) is 3.19. The van der Waals surface area contributed by atoms with E-state index >= 15 is 0 Å². The molecule has 134 valence electrons. The van der Waals surface area contributed by atoms with Crippen molar-refractivity contribution in [2.24, 2.45) is 0 Å².